The number of hydrogen-bond donors (Lipinski definition) is 2. The first-order chi connectivity index (χ1) is 14.1. The standard InChI is InChI=1S/C24H24N2O3/c1-2-29-24(28)19-9-11-20(12-10-19)25-21-13-15-22(16-14-21)26-23(27)17-8-18-6-4-3-5-7-18/h3-7,9-16,25H,2,8,17H2,1H3,(H,26,27). The normalized spacial score (nSPS) is 10.2. The molecule has 3 aromatic carbocycles. The summed E-state index contributed by atoms with van der Waals surface area (Å²) in [6.07, 6.45) is 1.16. The van der Waals surface area contributed by atoms with Gasteiger partial charge in [-0.15, -0.1) is 0 Å². The second-order valence-electron chi connectivity index (χ2n) is 6.53. The Hall–Kier alpha value is -3.60. The number of nitrogens with one attached hydrogen (secondary N) is 2. The summed E-state index contributed by atoms with van der Waals surface area (Å²) >= 11 is 0. The summed E-state index contributed by atoms with van der Waals surface area (Å²) in [6, 6.07) is 24.6. The maximum atomic E-state index is 12.1. The van der Waals surface area contributed by atoms with Crippen LogP contribution in [0, 0.1) is 0 Å². The van der Waals surface area contributed by atoms with Gasteiger partial charge in [0.1, 0.15) is 0 Å². The first-order valence-electron chi connectivity index (χ1n) is 9.62. The molecule has 3 aromatic rings. The minimum Gasteiger partial charge on any atom is -0.462 e. The van der Waals surface area contributed by atoms with Gasteiger partial charge in [-0.1, -0.05) is 30.3 Å². The van der Waals surface area contributed by atoms with Crippen molar-refractivity contribution in [1.82, 2.24) is 0 Å². The number of ether oxygens (including phenoxy) is 1. The van der Waals surface area contributed by atoms with Crippen molar-refractivity contribution in [3.05, 3.63) is 90.0 Å². The van der Waals surface area contributed by atoms with Crippen LogP contribution in [0.4, 0.5) is 17.1 Å². The molecule has 148 valence electrons. The fraction of sp³-hybridized carbons (Fsp3) is 0.167. The molecular formula is C24H24N2O3. The van der Waals surface area contributed by atoms with E-state index in [0.29, 0.717) is 25.0 Å². The lowest BCUT2D eigenvalue weighted by molar-refractivity contribution is -0.116. The van der Waals surface area contributed by atoms with E-state index in [0.717, 1.165) is 22.6 Å². The van der Waals surface area contributed by atoms with Crippen molar-refractivity contribution < 1.29 is 14.3 Å². The third-order valence-corrected chi connectivity index (χ3v) is 4.34. The molecular weight excluding hydrogens is 364 g/mol. The van der Waals surface area contributed by atoms with Crippen molar-refractivity contribution in [3.8, 4) is 0 Å². The van der Waals surface area contributed by atoms with Crippen LogP contribution in [0.25, 0.3) is 0 Å². The van der Waals surface area contributed by atoms with Crippen LogP contribution in [0.5, 0.6) is 0 Å². The zero-order valence-corrected chi connectivity index (χ0v) is 16.4. The number of carbonyl (C=O) groups excluding carboxylic acids is 2. The molecule has 0 spiro atoms. The van der Waals surface area contributed by atoms with E-state index >= 15 is 0 Å². The molecule has 5 heteroatoms. The summed E-state index contributed by atoms with van der Waals surface area (Å²) in [5, 5.41) is 6.18. The van der Waals surface area contributed by atoms with E-state index in [1.54, 1.807) is 19.1 Å². The van der Waals surface area contributed by atoms with Crippen LogP contribution in [0.15, 0.2) is 78.9 Å². The van der Waals surface area contributed by atoms with Gasteiger partial charge < -0.3 is 15.4 Å². The molecule has 2 N–H and O–H groups in total. The van der Waals surface area contributed by atoms with Gasteiger partial charge in [-0.3, -0.25) is 4.79 Å². The Bertz CT molecular complexity index is 936. The molecule has 0 aliphatic heterocycles. The van der Waals surface area contributed by atoms with Crippen LogP contribution in [0.3, 0.4) is 0 Å². The highest BCUT2D eigenvalue weighted by atomic mass is 16.5. The molecule has 0 atom stereocenters. The van der Waals surface area contributed by atoms with E-state index in [9.17, 15) is 9.59 Å². The molecule has 0 aromatic heterocycles. The predicted octanol–water partition coefficient (Wildman–Crippen LogP) is 5.18. The Morgan fingerprint density at radius 3 is 2.00 bits per heavy atom. The largest absolute Gasteiger partial charge is 0.462 e. The van der Waals surface area contributed by atoms with Crippen molar-refractivity contribution in [2.45, 2.75) is 19.8 Å². The quantitative estimate of drug-likeness (QED) is 0.522. The fourth-order valence-electron chi connectivity index (χ4n) is 2.83. The summed E-state index contributed by atoms with van der Waals surface area (Å²) in [7, 11) is 0. The zero-order valence-electron chi connectivity index (χ0n) is 16.4. The van der Waals surface area contributed by atoms with Crippen LogP contribution >= 0.6 is 0 Å². The Balaban J connectivity index is 1.50. The number of amides is 1. The van der Waals surface area contributed by atoms with Gasteiger partial charge in [0.25, 0.3) is 0 Å². The summed E-state index contributed by atoms with van der Waals surface area (Å²) < 4.78 is 4.98. The Morgan fingerprint density at radius 2 is 1.38 bits per heavy atom. The smallest absolute Gasteiger partial charge is 0.338 e. The molecule has 0 aliphatic rings. The number of hydrogen-bond acceptors (Lipinski definition) is 4. The third kappa shape index (κ3) is 6.21. The van der Waals surface area contributed by atoms with Crippen molar-refractivity contribution in [2.24, 2.45) is 0 Å². The van der Waals surface area contributed by atoms with Crippen LogP contribution in [-0.2, 0) is 16.0 Å². The van der Waals surface area contributed by atoms with Gasteiger partial charge in [0, 0.05) is 23.5 Å². The van der Waals surface area contributed by atoms with Gasteiger partial charge in [0.05, 0.1) is 12.2 Å². The molecule has 0 unspecified atom stereocenters. The number of benzene rings is 3. The fourth-order valence-corrected chi connectivity index (χ4v) is 2.83. The van der Waals surface area contributed by atoms with Crippen LogP contribution < -0.4 is 10.6 Å². The molecule has 0 saturated heterocycles. The lowest BCUT2D eigenvalue weighted by Gasteiger charge is -2.09. The number of aryl methyl sites for hydroxylation is 1. The van der Waals surface area contributed by atoms with Crippen molar-refractivity contribution >= 4 is 28.9 Å². The number of carbonyl (C=O) groups is 2. The highest BCUT2D eigenvalue weighted by molar-refractivity contribution is 5.91. The average molecular weight is 388 g/mol. The Labute approximate surface area is 170 Å². The van der Waals surface area contributed by atoms with Gasteiger partial charge in [-0.25, -0.2) is 4.79 Å². The van der Waals surface area contributed by atoms with Crippen molar-refractivity contribution in [3.63, 3.8) is 0 Å². The Kier molecular flexibility index (Phi) is 7.00. The van der Waals surface area contributed by atoms with E-state index in [1.165, 1.54) is 0 Å². The topological polar surface area (TPSA) is 67.4 Å². The lowest BCUT2D eigenvalue weighted by Crippen LogP contribution is -2.12. The highest BCUT2D eigenvalue weighted by Crippen LogP contribution is 2.20. The SMILES string of the molecule is CCOC(=O)c1ccc(Nc2ccc(NC(=O)CCc3ccccc3)cc2)cc1. The number of anilines is 3. The van der Waals surface area contributed by atoms with Gasteiger partial charge in [0.15, 0.2) is 0 Å². The van der Waals surface area contributed by atoms with Gasteiger partial charge in [-0.05, 0) is 67.4 Å². The monoisotopic (exact) mass is 388 g/mol. The van der Waals surface area contributed by atoms with Crippen LogP contribution in [0.1, 0.15) is 29.3 Å². The van der Waals surface area contributed by atoms with E-state index in [2.05, 4.69) is 10.6 Å². The molecule has 1 amide bonds. The molecule has 3 rings (SSSR count). The molecule has 0 bridgehead atoms. The minimum absolute atomic E-state index is 0.0101. The maximum absolute atomic E-state index is 12.1. The maximum Gasteiger partial charge on any atom is 0.338 e. The van der Waals surface area contributed by atoms with E-state index < -0.39 is 0 Å². The number of esters is 1. The Morgan fingerprint density at radius 1 is 0.793 bits per heavy atom. The summed E-state index contributed by atoms with van der Waals surface area (Å²) in [5.74, 6) is -0.337. The van der Waals surface area contributed by atoms with E-state index in [-0.39, 0.29) is 11.9 Å². The first-order valence-corrected chi connectivity index (χ1v) is 9.62. The number of rotatable bonds is 8. The predicted molar refractivity (Wildman–Crippen MR) is 116 cm³/mol. The summed E-state index contributed by atoms with van der Waals surface area (Å²) in [5.41, 5.74) is 4.17. The average Bonchev–Trinajstić information content (AvgIpc) is 2.75. The first kappa shape index (κ1) is 20.1. The molecule has 0 radical (unpaired) electrons. The minimum atomic E-state index is -0.327. The highest BCUT2D eigenvalue weighted by Gasteiger charge is 2.06. The lowest BCUT2D eigenvalue weighted by atomic mass is 10.1. The van der Waals surface area contributed by atoms with Gasteiger partial charge in [0.2, 0.25) is 5.91 Å². The van der Waals surface area contributed by atoms with Crippen molar-refractivity contribution in [2.75, 3.05) is 17.2 Å². The third-order valence-electron chi connectivity index (χ3n) is 4.34. The zero-order chi connectivity index (χ0) is 20.5. The summed E-state index contributed by atoms with van der Waals surface area (Å²) in [4.78, 5) is 23.8. The van der Waals surface area contributed by atoms with Crippen LogP contribution in [0.2, 0.25) is 0 Å². The van der Waals surface area contributed by atoms with E-state index in [1.807, 2.05) is 66.7 Å². The van der Waals surface area contributed by atoms with E-state index in [4.69, 9.17) is 4.74 Å². The molecule has 0 heterocycles. The van der Waals surface area contributed by atoms with Crippen LogP contribution in [-0.4, -0.2) is 18.5 Å². The molecule has 5 nitrogen and oxygen atoms in total. The molecule has 0 aliphatic carbocycles. The molecule has 0 saturated carbocycles. The second-order valence-corrected chi connectivity index (χ2v) is 6.53. The second kappa shape index (κ2) is 10.1. The van der Waals surface area contributed by atoms with Crippen molar-refractivity contribution in [1.29, 1.82) is 0 Å². The molecule has 29 heavy (non-hydrogen) atoms. The van der Waals surface area contributed by atoms with Gasteiger partial charge in [-0.2, -0.15) is 0 Å². The summed E-state index contributed by atoms with van der Waals surface area (Å²) in [6.45, 7) is 2.14. The molecule has 0 fully saturated rings. The van der Waals surface area contributed by atoms with Gasteiger partial charge >= 0.3 is 5.97 Å².